The summed E-state index contributed by atoms with van der Waals surface area (Å²) in [5.41, 5.74) is 0.930. The first-order chi connectivity index (χ1) is 20.1. The molecule has 0 aliphatic carbocycles. The highest BCUT2D eigenvalue weighted by Crippen LogP contribution is 2.44. The zero-order chi connectivity index (χ0) is 30.0. The Kier molecular flexibility index (Phi) is 7.76. The number of hydrogen-bond donors (Lipinski definition) is 1. The smallest absolute Gasteiger partial charge is 0.416 e. The van der Waals surface area contributed by atoms with Crippen LogP contribution in [-0.2, 0) is 22.4 Å². The quantitative estimate of drug-likeness (QED) is 0.143. The highest BCUT2D eigenvalue weighted by atomic mass is 19.4. The van der Waals surface area contributed by atoms with Crippen molar-refractivity contribution in [2.24, 2.45) is 0 Å². The van der Waals surface area contributed by atoms with Crippen molar-refractivity contribution in [1.82, 2.24) is 0 Å². The van der Waals surface area contributed by atoms with E-state index in [-0.39, 0.29) is 16.8 Å². The van der Waals surface area contributed by atoms with Gasteiger partial charge in [-0.25, -0.2) is 0 Å². The van der Waals surface area contributed by atoms with Crippen LogP contribution in [0.5, 0.6) is 11.5 Å². The van der Waals surface area contributed by atoms with Gasteiger partial charge >= 0.3 is 6.18 Å². The van der Waals surface area contributed by atoms with E-state index in [2.05, 4.69) is 0 Å². The fourth-order valence-electron chi connectivity index (χ4n) is 4.88. The minimum atomic E-state index is -4.67. The van der Waals surface area contributed by atoms with E-state index in [0.717, 1.165) is 22.6 Å². The van der Waals surface area contributed by atoms with Gasteiger partial charge in [-0.15, -0.1) is 0 Å². The van der Waals surface area contributed by atoms with Crippen LogP contribution in [0.3, 0.4) is 0 Å². The van der Waals surface area contributed by atoms with Gasteiger partial charge in [0, 0.05) is 11.3 Å². The van der Waals surface area contributed by atoms with Gasteiger partial charge in [0.1, 0.15) is 23.9 Å². The second kappa shape index (κ2) is 11.4. The van der Waals surface area contributed by atoms with Crippen LogP contribution < -0.4 is 14.4 Å². The number of hydrogen-bond acceptors (Lipinski definition) is 5. The van der Waals surface area contributed by atoms with Crippen LogP contribution in [0.2, 0.25) is 0 Å². The molecule has 1 aliphatic rings. The lowest BCUT2D eigenvalue weighted by molar-refractivity contribution is -0.137. The predicted molar refractivity (Wildman–Crippen MR) is 151 cm³/mol. The van der Waals surface area contributed by atoms with Crippen molar-refractivity contribution in [3.63, 3.8) is 0 Å². The van der Waals surface area contributed by atoms with E-state index < -0.39 is 35.2 Å². The van der Waals surface area contributed by atoms with Crippen LogP contribution in [0.15, 0.2) is 103 Å². The van der Waals surface area contributed by atoms with Crippen LogP contribution in [-0.4, -0.2) is 23.9 Å². The maximum absolute atomic E-state index is 13.5. The first-order valence-electron chi connectivity index (χ1n) is 13.0. The lowest BCUT2D eigenvalue weighted by Crippen LogP contribution is -2.29. The number of benzene rings is 4. The molecule has 9 heteroatoms. The van der Waals surface area contributed by atoms with Gasteiger partial charge in [-0.05, 0) is 72.1 Å². The molecule has 4 aromatic rings. The number of methoxy groups -OCH3 is 1. The Morgan fingerprint density at radius 1 is 0.905 bits per heavy atom. The Bertz CT molecular complexity index is 1660. The molecule has 214 valence electrons. The molecular formula is C33H26F3NO5. The van der Waals surface area contributed by atoms with Gasteiger partial charge in [0.2, 0.25) is 0 Å². The average Bonchev–Trinajstić information content (AvgIpc) is 3.26. The summed E-state index contributed by atoms with van der Waals surface area (Å²) >= 11 is 0. The van der Waals surface area contributed by atoms with Crippen LogP contribution in [0.1, 0.15) is 33.9 Å². The summed E-state index contributed by atoms with van der Waals surface area (Å²) in [6, 6.07) is 23.8. The van der Waals surface area contributed by atoms with E-state index in [4.69, 9.17) is 9.47 Å². The number of nitrogens with zero attached hydrogens (tertiary/aromatic N) is 1. The molecule has 0 radical (unpaired) electrons. The van der Waals surface area contributed by atoms with E-state index in [9.17, 15) is 27.9 Å². The van der Waals surface area contributed by atoms with Gasteiger partial charge in [0.15, 0.2) is 0 Å². The number of alkyl halides is 3. The van der Waals surface area contributed by atoms with E-state index in [1.807, 2.05) is 30.3 Å². The normalized spacial score (nSPS) is 16.5. The number of carbonyl (C=O) groups is 2. The monoisotopic (exact) mass is 573 g/mol. The van der Waals surface area contributed by atoms with Crippen LogP contribution >= 0.6 is 0 Å². The predicted octanol–water partition coefficient (Wildman–Crippen LogP) is 7.23. The van der Waals surface area contributed by atoms with E-state index in [0.29, 0.717) is 29.2 Å². The van der Waals surface area contributed by atoms with Crippen molar-refractivity contribution in [2.75, 3.05) is 12.0 Å². The second-order valence-corrected chi connectivity index (χ2v) is 9.74. The number of aliphatic hydroxyl groups excluding tert-OH is 1. The van der Waals surface area contributed by atoms with Crippen molar-refractivity contribution in [3.8, 4) is 11.5 Å². The lowest BCUT2D eigenvalue weighted by Gasteiger charge is -2.26. The number of aryl methyl sites for hydroxylation is 1. The summed E-state index contributed by atoms with van der Waals surface area (Å²) in [4.78, 5) is 27.8. The topological polar surface area (TPSA) is 76.1 Å². The molecule has 1 N–H and O–H groups in total. The Morgan fingerprint density at radius 2 is 1.62 bits per heavy atom. The van der Waals surface area contributed by atoms with Gasteiger partial charge in [0.05, 0.1) is 24.3 Å². The van der Waals surface area contributed by atoms with E-state index >= 15 is 0 Å². The molecule has 0 aromatic heterocycles. The second-order valence-electron chi connectivity index (χ2n) is 9.74. The molecule has 1 atom stereocenters. The third kappa shape index (κ3) is 5.58. The Labute approximate surface area is 240 Å². The molecule has 1 aliphatic heterocycles. The van der Waals surface area contributed by atoms with Crippen LogP contribution in [0, 0.1) is 6.92 Å². The first-order valence-corrected chi connectivity index (χ1v) is 13.0. The molecule has 1 fully saturated rings. The summed E-state index contributed by atoms with van der Waals surface area (Å²) in [5.74, 6) is -1.48. The van der Waals surface area contributed by atoms with Crippen molar-refractivity contribution < 1.29 is 37.3 Å². The number of aliphatic hydroxyl groups is 1. The fraction of sp³-hybridized carbons (Fsp3) is 0.152. The van der Waals surface area contributed by atoms with Crippen LogP contribution in [0.4, 0.5) is 18.9 Å². The van der Waals surface area contributed by atoms with E-state index in [1.54, 1.807) is 49.4 Å². The number of ether oxygens (including phenoxy) is 2. The van der Waals surface area contributed by atoms with Gasteiger partial charge in [-0.1, -0.05) is 48.5 Å². The molecule has 4 aromatic carbocycles. The molecule has 1 unspecified atom stereocenters. The van der Waals surface area contributed by atoms with E-state index in [1.165, 1.54) is 19.2 Å². The Hall–Kier alpha value is -5.05. The Morgan fingerprint density at radius 3 is 2.26 bits per heavy atom. The average molecular weight is 574 g/mol. The molecule has 0 bridgehead atoms. The number of Topliss-reactive ketones (excluding diaryl/α,β-unsaturated/α-hetero) is 1. The summed E-state index contributed by atoms with van der Waals surface area (Å²) in [5, 5.41) is 11.4. The van der Waals surface area contributed by atoms with Crippen molar-refractivity contribution >= 4 is 23.1 Å². The van der Waals surface area contributed by atoms with Crippen molar-refractivity contribution in [2.45, 2.75) is 25.7 Å². The summed E-state index contributed by atoms with van der Waals surface area (Å²) in [6.07, 6.45) is -4.67. The highest BCUT2D eigenvalue weighted by Gasteiger charge is 2.47. The van der Waals surface area contributed by atoms with Gasteiger partial charge in [-0.2, -0.15) is 13.2 Å². The number of carbonyl (C=O) groups excluding carboxylic acids is 2. The summed E-state index contributed by atoms with van der Waals surface area (Å²) in [7, 11) is 1.47. The highest BCUT2D eigenvalue weighted by molar-refractivity contribution is 6.51. The summed E-state index contributed by atoms with van der Waals surface area (Å²) < 4.78 is 51.7. The molecule has 1 heterocycles. The van der Waals surface area contributed by atoms with Crippen molar-refractivity contribution in [1.29, 1.82) is 0 Å². The first kappa shape index (κ1) is 28.5. The Balaban J connectivity index is 1.58. The molecular weight excluding hydrogens is 547 g/mol. The maximum Gasteiger partial charge on any atom is 0.416 e. The minimum absolute atomic E-state index is 0.132. The fourth-order valence-corrected chi connectivity index (χ4v) is 4.88. The molecule has 42 heavy (non-hydrogen) atoms. The number of rotatable bonds is 7. The van der Waals surface area contributed by atoms with Gasteiger partial charge in [-0.3, -0.25) is 14.5 Å². The maximum atomic E-state index is 13.5. The number of ketones is 1. The van der Waals surface area contributed by atoms with Crippen molar-refractivity contribution in [3.05, 3.63) is 130 Å². The number of anilines is 1. The molecule has 0 spiro atoms. The third-order valence-electron chi connectivity index (χ3n) is 7.01. The third-order valence-corrected chi connectivity index (χ3v) is 7.01. The lowest BCUT2D eigenvalue weighted by atomic mass is 9.94. The zero-order valence-corrected chi connectivity index (χ0v) is 22.7. The zero-order valence-electron chi connectivity index (χ0n) is 22.7. The standard InChI is InChI=1S/C33H26F3NO5/c1-20-17-23(13-16-27(20)42-19-21-7-4-3-5-8-21)30(38)28-29(22-11-14-26(41-2)15-12-22)37(32(40)31(28)39)25-10-6-9-24(18-25)33(34,35)36/h3-18,29,38H,19H2,1-2H3/b30-28+. The molecule has 6 nitrogen and oxygen atoms in total. The number of halogens is 3. The summed E-state index contributed by atoms with van der Waals surface area (Å²) in [6.45, 7) is 2.10. The molecule has 1 amide bonds. The van der Waals surface area contributed by atoms with Gasteiger partial charge in [0.25, 0.3) is 11.7 Å². The van der Waals surface area contributed by atoms with Gasteiger partial charge < -0.3 is 14.6 Å². The number of amides is 1. The molecule has 5 rings (SSSR count). The van der Waals surface area contributed by atoms with Crippen LogP contribution in [0.25, 0.3) is 5.76 Å². The minimum Gasteiger partial charge on any atom is -0.507 e. The molecule has 0 saturated carbocycles. The SMILES string of the molecule is COc1ccc(C2/C(=C(\O)c3ccc(OCc4ccccc4)c(C)c3)C(=O)C(=O)N2c2cccc(C(F)(F)F)c2)cc1. The largest absolute Gasteiger partial charge is 0.507 e. The molecule has 1 saturated heterocycles.